The summed E-state index contributed by atoms with van der Waals surface area (Å²) < 4.78 is 6.51. The molecule has 1 atom stereocenters. The van der Waals surface area contributed by atoms with Crippen molar-refractivity contribution in [1.29, 1.82) is 0 Å². The molecule has 1 N–H and O–H groups in total. The van der Waals surface area contributed by atoms with Crippen LogP contribution in [0.3, 0.4) is 0 Å². The van der Waals surface area contributed by atoms with Crippen molar-refractivity contribution in [1.82, 2.24) is 14.8 Å². The maximum Gasteiger partial charge on any atom is 0.328 e. The van der Waals surface area contributed by atoms with Crippen LogP contribution in [0.2, 0.25) is 0 Å². The van der Waals surface area contributed by atoms with Gasteiger partial charge in [0.25, 0.3) is 0 Å². The summed E-state index contributed by atoms with van der Waals surface area (Å²) in [5, 5.41) is 7.35. The largest absolute Gasteiger partial charge is 0.467 e. The molecule has 106 valence electrons. The number of hydrogen-bond acceptors (Lipinski definition) is 5. The molecule has 6 nitrogen and oxygen atoms in total. The van der Waals surface area contributed by atoms with Crippen LogP contribution in [-0.2, 0) is 16.1 Å². The Labute approximate surface area is 117 Å². The van der Waals surface area contributed by atoms with E-state index in [-0.39, 0.29) is 12.0 Å². The molecule has 2 heterocycles. The van der Waals surface area contributed by atoms with Gasteiger partial charge in [-0.2, -0.15) is 5.10 Å². The topological polar surface area (TPSA) is 69.0 Å². The predicted octanol–water partition coefficient (Wildman–Crippen LogP) is 1.69. The number of nitrogens with zero attached hydrogens (tertiary/aromatic N) is 3. The monoisotopic (exact) mass is 274 g/mol. The Kier molecular flexibility index (Phi) is 4.70. The molecule has 2 rings (SSSR count). The number of aromatic nitrogens is 3. The Morgan fingerprint density at radius 1 is 1.50 bits per heavy atom. The van der Waals surface area contributed by atoms with E-state index >= 15 is 0 Å². The van der Waals surface area contributed by atoms with Gasteiger partial charge in [0.2, 0.25) is 0 Å². The minimum Gasteiger partial charge on any atom is -0.467 e. The molecule has 2 aromatic rings. The lowest BCUT2D eigenvalue weighted by Crippen LogP contribution is -2.29. The Bertz CT molecular complexity index is 553. The van der Waals surface area contributed by atoms with Gasteiger partial charge in [-0.15, -0.1) is 0 Å². The van der Waals surface area contributed by atoms with E-state index in [1.54, 1.807) is 17.1 Å². The summed E-state index contributed by atoms with van der Waals surface area (Å²) in [5.41, 5.74) is 1.72. The summed E-state index contributed by atoms with van der Waals surface area (Å²) in [6.45, 7) is 2.52. The van der Waals surface area contributed by atoms with Crippen molar-refractivity contribution in [3.63, 3.8) is 0 Å². The number of ether oxygens (including phenoxy) is 1. The number of pyridine rings is 1. The molecule has 0 fully saturated rings. The first-order valence-electron chi connectivity index (χ1n) is 6.49. The average Bonchev–Trinajstić information content (AvgIpc) is 2.92. The molecule has 0 unspecified atom stereocenters. The normalized spacial score (nSPS) is 11.9. The lowest BCUT2D eigenvalue weighted by atomic mass is 10.2. The highest BCUT2D eigenvalue weighted by Gasteiger charge is 2.17. The summed E-state index contributed by atoms with van der Waals surface area (Å²) in [6, 6.07) is 5.40. The van der Waals surface area contributed by atoms with E-state index in [1.165, 1.54) is 7.11 Å². The molecule has 2 aromatic heterocycles. The second-order valence-electron chi connectivity index (χ2n) is 4.38. The molecule has 0 saturated carbocycles. The summed E-state index contributed by atoms with van der Waals surface area (Å²) in [4.78, 5) is 15.8. The molecular weight excluding hydrogens is 256 g/mol. The van der Waals surface area contributed by atoms with E-state index in [0.29, 0.717) is 13.0 Å². The maximum absolute atomic E-state index is 11.5. The van der Waals surface area contributed by atoms with Gasteiger partial charge in [-0.05, 0) is 18.6 Å². The first kappa shape index (κ1) is 14.0. The summed E-state index contributed by atoms with van der Waals surface area (Å²) >= 11 is 0. The molecule has 0 aliphatic rings. The molecule has 0 aliphatic heterocycles. The van der Waals surface area contributed by atoms with Crippen molar-refractivity contribution in [3.8, 4) is 0 Å². The van der Waals surface area contributed by atoms with E-state index in [2.05, 4.69) is 15.4 Å². The van der Waals surface area contributed by atoms with Gasteiger partial charge >= 0.3 is 5.97 Å². The molecule has 0 aliphatic carbocycles. The zero-order valence-corrected chi connectivity index (χ0v) is 11.6. The summed E-state index contributed by atoms with van der Waals surface area (Å²) in [5.74, 6) is -0.273. The van der Waals surface area contributed by atoms with Crippen molar-refractivity contribution in [2.45, 2.75) is 25.9 Å². The zero-order valence-electron chi connectivity index (χ0n) is 11.6. The van der Waals surface area contributed by atoms with Crippen LogP contribution >= 0.6 is 0 Å². The Morgan fingerprint density at radius 3 is 3.00 bits per heavy atom. The first-order valence-corrected chi connectivity index (χ1v) is 6.49. The molecule has 0 spiro atoms. The number of hydrogen-bond donors (Lipinski definition) is 1. The molecule has 0 bridgehead atoms. The SMILES string of the molecule is CC[C@@H](Nc1cnn(Cc2ccccn2)c1)C(=O)OC. The number of carbonyl (C=O) groups is 1. The number of esters is 1. The predicted molar refractivity (Wildman–Crippen MR) is 75.3 cm³/mol. The number of carbonyl (C=O) groups excluding carboxylic acids is 1. The van der Waals surface area contributed by atoms with Gasteiger partial charge in [0.15, 0.2) is 0 Å². The third kappa shape index (κ3) is 3.57. The number of methoxy groups -OCH3 is 1. The van der Waals surface area contributed by atoms with Gasteiger partial charge in [0.05, 0.1) is 31.2 Å². The van der Waals surface area contributed by atoms with E-state index in [4.69, 9.17) is 4.74 Å². The van der Waals surface area contributed by atoms with Gasteiger partial charge in [-0.25, -0.2) is 4.79 Å². The number of nitrogens with one attached hydrogen (secondary N) is 1. The fourth-order valence-corrected chi connectivity index (χ4v) is 1.85. The van der Waals surface area contributed by atoms with Crippen molar-refractivity contribution in [3.05, 3.63) is 42.5 Å². The highest BCUT2D eigenvalue weighted by atomic mass is 16.5. The second kappa shape index (κ2) is 6.70. The highest BCUT2D eigenvalue weighted by molar-refractivity contribution is 5.78. The quantitative estimate of drug-likeness (QED) is 0.812. The van der Waals surface area contributed by atoms with Crippen LogP contribution in [0.4, 0.5) is 5.69 Å². The van der Waals surface area contributed by atoms with Gasteiger partial charge in [-0.3, -0.25) is 9.67 Å². The molecule has 0 saturated heterocycles. The molecule has 20 heavy (non-hydrogen) atoms. The Morgan fingerprint density at radius 2 is 2.35 bits per heavy atom. The van der Waals surface area contributed by atoms with Gasteiger partial charge in [-0.1, -0.05) is 13.0 Å². The van der Waals surface area contributed by atoms with E-state index < -0.39 is 0 Å². The lowest BCUT2D eigenvalue weighted by molar-refractivity contribution is -0.141. The van der Waals surface area contributed by atoms with Crippen LogP contribution in [-0.4, -0.2) is 33.9 Å². The van der Waals surface area contributed by atoms with Gasteiger partial charge < -0.3 is 10.1 Å². The second-order valence-corrected chi connectivity index (χ2v) is 4.38. The number of rotatable bonds is 6. The smallest absolute Gasteiger partial charge is 0.328 e. The van der Waals surface area contributed by atoms with Gasteiger partial charge in [0.1, 0.15) is 6.04 Å². The summed E-state index contributed by atoms with van der Waals surface area (Å²) in [6.07, 6.45) is 5.94. The molecule has 6 heteroatoms. The minimum absolute atomic E-state index is 0.273. The number of anilines is 1. The van der Waals surface area contributed by atoms with Crippen molar-refractivity contribution < 1.29 is 9.53 Å². The van der Waals surface area contributed by atoms with Crippen molar-refractivity contribution >= 4 is 11.7 Å². The van der Waals surface area contributed by atoms with Crippen LogP contribution in [0.5, 0.6) is 0 Å². The highest BCUT2D eigenvalue weighted by Crippen LogP contribution is 2.10. The van der Waals surface area contributed by atoms with Crippen LogP contribution in [0.1, 0.15) is 19.0 Å². The van der Waals surface area contributed by atoms with Crippen LogP contribution in [0, 0.1) is 0 Å². The third-order valence-electron chi connectivity index (χ3n) is 2.92. The van der Waals surface area contributed by atoms with Crippen molar-refractivity contribution in [2.24, 2.45) is 0 Å². The Hall–Kier alpha value is -2.37. The van der Waals surface area contributed by atoms with E-state index in [0.717, 1.165) is 11.4 Å². The fraction of sp³-hybridized carbons (Fsp3) is 0.357. The lowest BCUT2D eigenvalue weighted by Gasteiger charge is -2.13. The fourth-order valence-electron chi connectivity index (χ4n) is 1.85. The average molecular weight is 274 g/mol. The molecule has 0 radical (unpaired) electrons. The molecular formula is C14H18N4O2. The van der Waals surface area contributed by atoms with E-state index in [9.17, 15) is 4.79 Å². The van der Waals surface area contributed by atoms with Crippen molar-refractivity contribution in [2.75, 3.05) is 12.4 Å². The van der Waals surface area contributed by atoms with Crippen LogP contribution in [0.15, 0.2) is 36.8 Å². The van der Waals surface area contributed by atoms with Gasteiger partial charge in [0, 0.05) is 12.4 Å². The Balaban J connectivity index is 2.00. The molecule has 0 amide bonds. The summed E-state index contributed by atoms with van der Waals surface area (Å²) in [7, 11) is 1.39. The maximum atomic E-state index is 11.5. The standard InChI is InChI=1S/C14H18N4O2/c1-3-13(14(19)20-2)17-12-8-16-18(10-12)9-11-6-4-5-7-15-11/h4-8,10,13,17H,3,9H2,1-2H3/t13-/m1/s1. The minimum atomic E-state index is -0.354. The zero-order chi connectivity index (χ0) is 14.4. The van der Waals surface area contributed by atoms with Crippen LogP contribution < -0.4 is 5.32 Å². The van der Waals surface area contributed by atoms with E-state index in [1.807, 2.05) is 31.3 Å². The third-order valence-corrected chi connectivity index (χ3v) is 2.92. The molecule has 0 aromatic carbocycles. The first-order chi connectivity index (χ1) is 9.72. The van der Waals surface area contributed by atoms with Crippen LogP contribution in [0.25, 0.3) is 0 Å².